The molecule has 0 bridgehead atoms. The summed E-state index contributed by atoms with van der Waals surface area (Å²) in [7, 11) is 0. The predicted octanol–water partition coefficient (Wildman–Crippen LogP) is 4.63. The summed E-state index contributed by atoms with van der Waals surface area (Å²) in [6.07, 6.45) is 2.76. The maximum absolute atomic E-state index is 12.5. The molecule has 3 aromatic rings. The van der Waals surface area contributed by atoms with Crippen molar-refractivity contribution in [3.63, 3.8) is 0 Å². The van der Waals surface area contributed by atoms with Crippen LogP contribution in [0, 0.1) is 0 Å². The summed E-state index contributed by atoms with van der Waals surface area (Å²) in [5, 5.41) is 7.58. The van der Waals surface area contributed by atoms with Crippen LogP contribution in [0.25, 0.3) is 11.0 Å². The van der Waals surface area contributed by atoms with Gasteiger partial charge in [0.15, 0.2) is 0 Å². The van der Waals surface area contributed by atoms with E-state index in [1.165, 1.54) is 0 Å². The molecule has 2 N–H and O–H groups in total. The zero-order valence-electron chi connectivity index (χ0n) is 13.6. The third kappa shape index (κ3) is 2.44. The van der Waals surface area contributed by atoms with Crippen molar-refractivity contribution in [3.05, 3.63) is 65.4 Å². The van der Waals surface area contributed by atoms with E-state index >= 15 is 0 Å². The molecule has 24 heavy (non-hydrogen) atoms. The number of fused-ring (bicyclic) bond motifs is 2. The highest BCUT2D eigenvalue weighted by atomic mass is 16.3. The molecular weight excluding hydrogens is 300 g/mol. The lowest BCUT2D eigenvalue weighted by Crippen LogP contribution is -2.38. The zero-order chi connectivity index (χ0) is 16.5. The minimum absolute atomic E-state index is 0.0546. The standard InChI is InChI=1S/C20H20N2O2/c1-2-3-11-17-18(14-9-5-7-12-16(14)24-17)19-21-15-10-6-4-8-13(15)20(23)22-19/h4-10,12,19,21H,2-3,11H2,1H3,(H,22,23). The van der Waals surface area contributed by atoms with Crippen LogP contribution >= 0.6 is 0 Å². The summed E-state index contributed by atoms with van der Waals surface area (Å²) in [5.74, 6) is 0.899. The molecule has 0 radical (unpaired) electrons. The second kappa shape index (κ2) is 6.04. The summed E-state index contributed by atoms with van der Waals surface area (Å²) in [6.45, 7) is 2.17. The molecule has 4 heteroatoms. The number of hydrogen-bond acceptors (Lipinski definition) is 3. The Morgan fingerprint density at radius 1 is 1.04 bits per heavy atom. The number of furan rings is 1. The molecule has 1 amide bonds. The normalized spacial score (nSPS) is 16.5. The Kier molecular flexibility index (Phi) is 3.73. The molecule has 0 spiro atoms. The third-order valence-electron chi connectivity index (χ3n) is 4.50. The van der Waals surface area contributed by atoms with E-state index in [9.17, 15) is 4.79 Å². The van der Waals surface area contributed by atoms with Crippen LogP contribution in [0.2, 0.25) is 0 Å². The predicted molar refractivity (Wildman–Crippen MR) is 95.1 cm³/mol. The Balaban J connectivity index is 1.80. The fourth-order valence-electron chi connectivity index (χ4n) is 3.31. The van der Waals surface area contributed by atoms with Gasteiger partial charge >= 0.3 is 0 Å². The van der Waals surface area contributed by atoms with Crippen LogP contribution < -0.4 is 10.6 Å². The van der Waals surface area contributed by atoms with Crippen LogP contribution in [-0.2, 0) is 6.42 Å². The molecule has 0 aliphatic carbocycles. The number of amides is 1. The number of nitrogens with one attached hydrogen (secondary N) is 2. The first-order valence-electron chi connectivity index (χ1n) is 8.44. The third-order valence-corrected chi connectivity index (χ3v) is 4.50. The summed E-state index contributed by atoms with van der Waals surface area (Å²) in [6, 6.07) is 15.6. The summed E-state index contributed by atoms with van der Waals surface area (Å²) < 4.78 is 6.09. The Morgan fingerprint density at radius 2 is 1.83 bits per heavy atom. The molecule has 1 aromatic heterocycles. The smallest absolute Gasteiger partial charge is 0.255 e. The molecular formula is C20H20N2O2. The van der Waals surface area contributed by atoms with E-state index in [2.05, 4.69) is 23.6 Å². The average Bonchev–Trinajstić information content (AvgIpc) is 2.98. The van der Waals surface area contributed by atoms with Crippen molar-refractivity contribution in [2.45, 2.75) is 32.4 Å². The number of carbonyl (C=O) groups excluding carboxylic acids is 1. The molecule has 1 unspecified atom stereocenters. The topological polar surface area (TPSA) is 54.3 Å². The first kappa shape index (κ1) is 14.8. The van der Waals surface area contributed by atoms with Gasteiger partial charge in [0.25, 0.3) is 5.91 Å². The van der Waals surface area contributed by atoms with Crippen molar-refractivity contribution in [1.82, 2.24) is 5.32 Å². The van der Waals surface area contributed by atoms with Crippen molar-refractivity contribution in [2.24, 2.45) is 0 Å². The highest BCUT2D eigenvalue weighted by molar-refractivity contribution is 6.02. The minimum atomic E-state index is -0.275. The average molecular weight is 320 g/mol. The maximum atomic E-state index is 12.5. The van der Waals surface area contributed by atoms with Crippen LogP contribution in [0.4, 0.5) is 5.69 Å². The Bertz CT molecular complexity index is 898. The fraction of sp³-hybridized carbons (Fsp3) is 0.250. The minimum Gasteiger partial charge on any atom is -0.461 e. The van der Waals surface area contributed by atoms with Crippen molar-refractivity contribution in [3.8, 4) is 0 Å². The van der Waals surface area contributed by atoms with E-state index in [-0.39, 0.29) is 12.1 Å². The number of hydrogen-bond donors (Lipinski definition) is 2. The fourth-order valence-corrected chi connectivity index (χ4v) is 3.31. The SMILES string of the molecule is CCCCc1oc2ccccc2c1C1NC(=O)c2ccccc2N1. The lowest BCUT2D eigenvalue weighted by atomic mass is 10.0. The van der Waals surface area contributed by atoms with Crippen molar-refractivity contribution in [2.75, 3.05) is 5.32 Å². The van der Waals surface area contributed by atoms with Crippen LogP contribution in [0.1, 0.15) is 47.6 Å². The second-order valence-electron chi connectivity index (χ2n) is 6.14. The highest BCUT2D eigenvalue weighted by Gasteiger charge is 2.29. The molecule has 2 heterocycles. The summed E-state index contributed by atoms with van der Waals surface area (Å²) in [5.41, 5.74) is 3.45. The van der Waals surface area contributed by atoms with E-state index in [0.29, 0.717) is 5.56 Å². The molecule has 122 valence electrons. The van der Waals surface area contributed by atoms with Crippen LogP contribution in [0.5, 0.6) is 0 Å². The number of benzene rings is 2. The lowest BCUT2D eigenvalue weighted by Gasteiger charge is -2.28. The van der Waals surface area contributed by atoms with E-state index in [1.54, 1.807) is 0 Å². The van der Waals surface area contributed by atoms with Crippen molar-refractivity contribution in [1.29, 1.82) is 0 Å². The molecule has 0 saturated carbocycles. The first-order valence-corrected chi connectivity index (χ1v) is 8.44. The number of carbonyl (C=O) groups is 1. The van der Waals surface area contributed by atoms with Gasteiger partial charge in [-0.05, 0) is 24.6 Å². The maximum Gasteiger partial charge on any atom is 0.255 e. The van der Waals surface area contributed by atoms with Crippen LogP contribution in [-0.4, -0.2) is 5.91 Å². The van der Waals surface area contributed by atoms with Gasteiger partial charge in [-0.15, -0.1) is 0 Å². The summed E-state index contributed by atoms with van der Waals surface area (Å²) in [4.78, 5) is 12.5. The van der Waals surface area contributed by atoms with E-state index in [1.807, 2.05) is 42.5 Å². The largest absolute Gasteiger partial charge is 0.461 e. The molecule has 1 aliphatic rings. The van der Waals surface area contributed by atoms with Gasteiger partial charge in [-0.2, -0.15) is 0 Å². The van der Waals surface area contributed by atoms with Gasteiger partial charge in [0.2, 0.25) is 0 Å². The molecule has 1 aliphatic heterocycles. The number of rotatable bonds is 4. The van der Waals surface area contributed by atoms with Gasteiger partial charge in [-0.3, -0.25) is 4.79 Å². The van der Waals surface area contributed by atoms with Gasteiger partial charge in [0, 0.05) is 23.1 Å². The zero-order valence-corrected chi connectivity index (χ0v) is 13.6. The van der Waals surface area contributed by atoms with Crippen molar-refractivity contribution >= 4 is 22.6 Å². The van der Waals surface area contributed by atoms with Crippen LogP contribution in [0.3, 0.4) is 0 Å². The van der Waals surface area contributed by atoms with Crippen LogP contribution in [0.15, 0.2) is 52.9 Å². The number of aryl methyl sites for hydroxylation is 1. The van der Waals surface area contributed by atoms with Gasteiger partial charge in [-0.1, -0.05) is 43.7 Å². The monoisotopic (exact) mass is 320 g/mol. The molecule has 2 aromatic carbocycles. The second-order valence-corrected chi connectivity index (χ2v) is 6.14. The Labute approximate surface area is 140 Å². The first-order chi connectivity index (χ1) is 11.8. The van der Waals surface area contributed by atoms with Gasteiger partial charge in [-0.25, -0.2) is 0 Å². The molecule has 1 atom stereocenters. The number of unbranched alkanes of at least 4 members (excludes halogenated alkanes) is 1. The van der Waals surface area contributed by atoms with E-state index in [4.69, 9.17) is 4.42 Å². The van der Waals surface area contributed by atoms with E-state index in [0.717, 1.165) is 47.2 Å². The molecule has 4 nitrogen and oxygen atoms in total. The quantitative estimate of drug-likeness (QED) is 0.737. The van der Waals surface area contributed by atoms with Gasteiger partial charge in [0.1, 0.15) is 17.5 Å². The Morgan fingerprint density at radius 3 is 2.71 bits per heavy atom. The van der Waals surface area contributed by atoms with Gasteiger partial charge < -0.3 is 15.1 Å². The number of para-hydroxylation sites is 2. The highest BCUT2D eigenvalue weighted by Crippen LogP contribution is 2.35. The molecule has 4 rings (SSSR count). The summed E-state index contributed by atoms with van der Waals surface area (Å²) >= 11 is 0. The molecule has 0 saturated heterocycles. The van der Waals surface area contributed by atoms with Crippen molar-refractivity contribution < 1.29 is 9.21 Å². The lowest BCUT2D eigenvalue weighted by molar-refractivity contribution is 0.0935. The molecule has 0 fully saturated rings. The number of anilines is 1. The van der Waals surface area contributed by atoms with E-state index < -0.39 is 0 Å². The van der Waals surface area contributed by atoms with Gasteiger partial charge in [0.05, 0.1) is 5.56 Å². The Hall–Kier alpha value is -2.75.